The Balaban J connectivity index is 1.85. The molecule has 6 nitrogen and oxygen atoms in total. The smallest absolute Gasteiger partial charge is 0.277 e. The molecule has 0 radical (unpaired) electrons. The highest BCUT2D eigenvalue weighted by Crippen LogP contribution is 2.33. The number of ether oxygens (including phenoxy) is 1. The van der Waals surface area contributed by atoms with Gasteiger partial charge in [-0.3, -0.25) is 4.79 Å². The number of rotatable bonds is 7. The van der Waals surface area contributed by atoms with Gasteiger partial charge in [-0.1, -0.05) is 41.1 Å². The molecule has 0 saturated heterocycles. The first-order chi connectivity index (χ1) is 13.6. The highest BCUT2D eigenvalue weighted by Gasteiger charge is 2.14. The van der Waals surface area contributed by atoms with Crippen molar-refractivity contribution in [1.29, 1.82) is 0 Å². The Labute approximate surface area is 172 Å². The largest absolute Gasteiger partial charge is 0.483 e. The van der Waals surface area contributed by atoms with E-state index in [2.05, 4.69) is 31.6 Å². The molecule has 0 aliphatic rings. The van der Waals surface area contributed by atoms with E-state index < -0.39 is 0 Å². The number of carbonyl (C=O) groups is 1. The lowest BCUT2D eigenvalue weighted by molar-refractivity contribution is -0.123. The van der Waals surface area contributed by atoms with Crippen LogP contribution in [0.4, 0.5) is 0 Å². The maximum absolute atomic E-state index is 12.0. The summed E-state index contributed by atoms with van der Waals surface area (Å²) in [6.07, 6.45) is 2.52. The molecule has 0 bridgehead atoms. The highest BCUT2D eigenvalue weighted by molar-refractivity contribution is 9.10. The first kappa shape index (κ1) is 19.8. The Hall–Kier alpha value is -2.93. The highest BCUT2D eigenvalue weighted by atomic mass is 79.9. The molecule has 0 spiro atoms. The third-order valence-corrected chi connectivity index (χ3v) is 4.60. The Morgan fingerprint density at radius 3 is 2.75 bits per heavy atom. The molecule has 0 atom stereocenters. The predicted octanol–water partition coefficient (Wildman–Crippen LogP) is 4.58. The fourth-order valence-corrected chi connectivity index (χ4v) is 2.88. The van der Waals surface area contributed by atoms with Crippen molar-refractivity contribution in [2.45, 2.75) is 20.3 Å². The molecule has 0 aliphatic heterocycles. The van der Waals surface area contributed by atoms with Crippen molar-refractivity contribution in [3.63, 3.8) is 0 Å². The van der Waals surface area contributed by atoms with Gasteiger partial charge in [0.25, 0.3) is 5.91 Å². The van der Waals surface area contributed by atoms with Gasteiger partial charge >= 0.3 is 0 Å². The van der Waals surface area contributed by atoms with Crippen molar-refractivity contribution < 1.29 is 9.53 Å². The number of benzene rings is 2. The van der Waals surface area contributed by atoms with E-state index in [9.17, 15) is 4.79 Å². The molecule has 1 N–H and O–H groups in total. The lowest BCUT2D eigenvalue weighted by atomic mass is 10.1. The summed E-state index contributed by atoms with van der Waals surface area (Å²) in [4.78, 5) is 12.0. The molecular weight excluding hydrogens is 420 g/mol. The fourth-order valence-electron chi connectivity index (χ4n) is 2.52. The van der Waals surface area contributed by atoms with Crippen LogP contribution in [0.15, 0.2) is 70.4 Å². The number of hydrogen-bond acceptors (Lipinski definition) is 4. The van der Waals surface area contributed by atoms with Crippen LogP contribution < -0.4 is 10.2 Å². The maximum Gasteiger partial charge on any atom is 0.277 e. The standard InChI is InChI=1S/C21H21BrN4O2/c1-3-15(2)24-25-21(27)14-28-20-10-9-16(22)13-18(20)19-11-12-23-26(19)17-7-5-4-6-8-17/h4-13H,3,14H2,1-2H3,(H,25,27)/b24-15-. The first-order valence-corrected chi connectivity index (χ1v) is 9.72. The first-order valence-electron chi connectivity index (χ1n) is 8.92. The number of nitrogens with zero attached hydrogens (tertiary/aromatic N) is 3. The van der Waals surface area contributed by atoms with E-state index in [-0.39, 0.29) is 12.5 Å². The lowest BCUT2D eigenvalue weighted by Gasteiger charge is -2.13. The van der Waals surface area contributed by atoms with Crippen molar-refractivity contribution in [2.75, 3.05) is 6.61 Å². The Kier molecular flexibility index (Phi) is 6.60. The van der Waals surface area contributed by atoms with Gasteiger partial charge in [0.05, 0.1) is 17.6 Å². The summed E-state index contributed by atoms with van der Waals surface area (Å²) in [5.74, 6) is 0.283. The van der Waals surface area contributed by atoms with Crippen LogP contribution in [0.5, 0.6) is 5.75 Å². The summed E-state index contributed by atoms with van der Waals surface area (Å²) in [5.41, 5.74) is 5.99. The van der Waals surface area contributed by atoms with Crippen molar-refractivity contribution in [1.82, 2.24) is 15.2 Å². The molecule has 3 aromatic rings. The molecule has 1 aromatic heterocycles. The van der Waals surface area contributed by atoms with Gasteiger partial charge in [-0.25, -0.2) is 10.1 Å². The van der Waals surface area contributed by atoms with Crippen LogP contribution in [0.2, 0.25) is 0 Å². The quantitative estimate of drug-likeness (QED) is 0.431. The number of nitrogens with one attached hydrogen (secondary N) is 1. The molecule has 3 rings (SSSR count). The molecule has 0 unspecified atom stereocenters. The Morgan fingerprint density at radius 2 is 2.00 bits per heavy atom. The molecule has 1 heterocycles. The van der Waals surface area contributed by atoms with Crippen molar-refractivity contribution in [2.24, 2.45) is 5.10 Å². The summed E-state index contributed by atoms with van der Waals surface area (Å²) >= 11 is 3.51. The van der Waals surface area contributed by atoms with Gasteiger partial charge in [-0.15, -0.1) is 0 Å². The summed E-state index contributed by atoms with van der Waals surface area (Å²) in [5, 5.41) is 8.45. The van der Waals surface area contributed by atoms with E-state index in [1.165, 1.54) is 0 Å². The van der Waals surface area contributed by atoms with Crippen LogP contribution in [0.25, 0.3) is 16.9 Å². The van der Waals surface area contributed by atoms with Gasteiger partial charge < -0.3 is 4.74 Å². The summed E-state index contributed by atoms with van der Waals surface area (Å²) < 4.78 is 8.53. The van der Waals surface area contributed by atoms with E-state index in [1.54, 1.807) is 6.20 Å². The minimum Gasteiger partial charge on any atom is -0.483 e. The van der Waals surface area contributed by atoms with E-state index in [0.29, 0.717) is 5.75 Å². The SMILES string of the molecule is CC/C(C)=N\NC(=O)COc1ccc(Br)cc1-c1ccnn1-c1ccccc1. The van der Waals surface area contributed by atoms with Crippen molar-refractivity contribution in [3.05, 3.63) is 65.3 Å². The van der Waals surface area contributed by atoms with E-state index in [1.807, 2.05) is 73.1 Å². The molecule has 28 heavy (non-hydrogen) atoms. The third-order valence-electron chi connectivity index (χ3n) is 4.10. The van der Waals surface area contributed by atoms with E-state index in [4.69, 9.17) is 4.74 Å². The third kappa shape index (κ3) is 4.86. The van der Waals surface area contributed by atoms with E-state index >= 15 is 0 Å². The lowest BCUT2D eigenvalue weighted by Crippen LogP contribution is -2.25. The number of hydrazone groups is 1. The van der Waals surface area contributed by atoms with Crippen molar-refractivity contribution >= 4 is 27.5 Å². The average Bonchev–Trinajstić information content (AvgIpc) is 3.21. The molecule has 0 fully saturated rings. The van der Waals surface area contributed by atoms with Gasteiger partial charge in [-0.05, 0) is 49.7 Å². The molecule has 7 heteroatoms. The zero-order valence-corrected chi connectivity index (χ0v) is 17.3. The number of halogens is 1. The van der Waals surface area contributed by atoms with Crippen LogP contribution in [0, 0.1) is 0 Å². The van der Waals surface area contributed by atoms with Gasteiger partial charge in [0, 0.05) is 15.7 Å². The number of carbonyl (C=O) groups excluding carboxylic acids is 1. The van der Waals surface area contributed by atoms with Crippen LogP contribution in [0.1, 0.15) is 20.3 Å². The number of amides is 1. The zero-order chi connectivity index (χ0) is 19.9. The maximum atomic E-state index is 12.0. The average molecular weight is 441 g/mol. The van der Waals surface area contributed by atoms with E-state index in [0.717, 1.165) is 33.5 Å². The topological polar surface area (TPSA) is 68.5 Å². The number of para-hydroxylation sites is 1. The minimum absolute atomic E-state index is 0.130. The monoisotopic (exact) mass is 440 g/mol. The normalized spacial score (nSPS) is 11.3. The van der Waals surface area contributed by atoms with Gasteiger partial charge in [-0.2, -0.15) is 10.2 Å². The Bertz CT molecular complexity index is 983. The second-order valence-corrected chi connectivity index (χ2v) is 7.04. The van der Waals surface area contributed by atoms with Crippen LogP contribution >= 0.6 is 15.9 Å². The van der Waals surface area contributed by atoms with Crippen LogP contribution in [0.3, 0.4) is 0 Å². The number of aromatic nitrogens is 2. The van der Waals surface area contributed by atoms with Gasteiger partial charge in [0.1, 0.15) is 5.75 Å². The second-order valence-electron chi connectivity index (χ2n) is 6.13. The molecule has 0 saturated carbocycles. The fraction of sp³-hybridized carbons (Fsp3) is 0.190. The molecule has 0 aliphatic carbocycles. The van der Waals surface area contributed by atoms with Crippen LogP contribution in [-0.2, 0) is 4.79 Å². The Morgan fingerprint density at radius 1 is 1.21 bits per heavy atom. The molecule has 1 amide bonds. The molecular formula is C21H21BrN4O2. The summed E-state index contributed by atoms with van der Waals surface area (Å²) in [7, 11) is 0. The zero-order valence-electron chi connectivity index (χ0n) is 15.7. The summed E-state index contributed by atoms with van der Waals surface area (Å²) in [6, 6.07) is 17.4. The molecule has 144 valence electrons. The molecule has 2 aromatic carbocycles. The predicted molar refractivity (Wildman–Crippen MR) is 114 cm³/mol. The van der Waals surface area contributed by atoms with Gasteiger partial charge in [0.15, 0.2) is 6.61 Å². The second kappa shape index (κ2) is 9.32. The number of hydrogen-bond donors (Lipinski definition) is 1. The van der Waals surface area contributed by atoms with Gasteiger partial charge in [0.2, 0.25) is 0 Å². The summed E-state index contributed by atoms with van der Waals surface area (Å²) in [6.45, 7) is 3.71. The van der Waals surface area contributed by atoms with Crippen molar-refractivity contribution in [3.8, 4) is 22.7 Å². The van der Waals surface area contributed by atoms with Crippen LogP contribution in [-0.4, -0.2) is 28.0 Å². The minimum atomic E-state index is -0.307.